The number of nitrogens with zero attached hydrogens (tertiary/aromatic N) is 2. The molecule has 0 radical (unpaired) electrons. The quantitative estimate of drug-likeness (QED) is 0.477. The zero-order chi connectivity index (χ0) is 24.0. The molecule has 0 fully saturated rings. The Morgan fingerprint density at radius 1 is 0.879 bits per heavy atom. The van der Waals surface area contributed by atoms with Gasteiger partial charge in [0.15, 0.2) is 0 Å². The van der Waals surface area contributed by atoms with Crippen molar-refractivity contribution in [2.24, 2.45) is 0 Å². The standard InChI is InChI=1S/C25H28N2O5S/c1-19-14-15-24(32-4)22(16-19)27(33(29,30)21-11-6-5-7-12-21)18-25(28)26(2)17-20-10-8-9-13-23(20)31-3/h5-16H,17-18H2,1-4H3. The van der Waals surface area contributed by atoms with Crippen molar-refractivity contribution in [1.29, 1.82) is 0 Å². The number of hydrogen-bond donors (Lipinski definition) is 0. The van der Waals surface area contributed by atoms with E-state index in [1.165, 1.54) is 24.1 Å². The summed E-state index contributed by atoms with van der Waals surface area (Å²) in [7, 11) is 0.636. The van der Waals surface area contributed by atoms with Crippen molar-refractivity contribution in [2.75, 3.05) is 32.1 Å². The summed E-state index contributed by atoms with van der Waals surface area (Å²) in [5, 5.41) is 0. The maximum Gasteiger partial charge on any atom is 0.264 e. The number of ether oxygens (including phenoxy) is 2. The molecule has 0 aliphatic carbocycles. The Hall–Kier alpha value is -3.52. The lowest BCUT2D eigenvalue weighted by Gasteiger charge is -2.28. The Balaban J connectivity index is 1.98. The highest BCUT2D eigenvalue weighted by Gasteiger charge is 2.30. The van der Waals surface area contributed by atoms with Gasteiger partial charge in [0.1, 0.15) is 18.0 Å². The third-order valence-electron chi connectivity index (χ3n) is 5.24. The van der Waals surface area contributed by atoms with Crippen LogP contribution in [0.3, 0.4) is 0 Å². The molecule has 0 unspecified atom stereocenters. The van der Waals surface area contributed by atoms with Gasteiger partial charge in [0.25, 0.3) is 10.0 Å². The predicted molar refractivity (Wildman–Crippen MR) is 128 cm³/mol. The molecule has 0 aliphatic heterocycles. The van der Waals surface area contributed by atoms with Gasteiger partial charge in [-0.05, 0) is 42.8 Å². The third-order valence-corrected chi connectivity index (χ3v) is 7.01. The highest BCUT2D eigenvalue weighted by atomic mass is 32.2. The number of anilines is 1. The molecule has 3 aromatic rings. The molecule has 174 valence electrons. The van der Waals surface area contributed by atoms with Gasteiger partial charge in [0.2, 0.25) is 5.91 Å². The minimum absolute atomic E-state index is 0.0914. The molecular weight excluding hydrogens is 440 g/mol. The minimum Gasteiger partial charge on any atom is -0.496 e. The van der Waals surface area contributed by atoms with Crippen molar-refractivity contribution < 1.29 is 22.7 Å². The number of methoxy groups -OCH3 is 2. The number of amides is 1. The van der Waals surface area contributed by atoms with Crippen LogP contribution in [0.4, 0.5) is 5.69 Å². The van der Waals surface area contributed by atoms with Crippen LogP contribution >= 0.6 is 0 Å². The molecular formula is C25H28N2O5S. The van der Waals surface area contributed by atoms with E-state index in [-0.39, 0.29) is 23.9 Å². The molecule has 7 nitrogen and oxygen atoms in total. The second-order valence-corrected chi connectivity index (χ2v) is 9.42. The molecule has 3 rings (SSSR count). The van der Waals surface area contributed by atoms with Crippen molar-refractivity contribution >= 4 is 21.6 Å². The third kappa shape index (κ3) is 5.46. The Morgan fingerprint density at radius 3 is 2.18 bits per heavy atom. The summed E-state index contributed by atoms with van der Waals surface area (Å²) in [4.78, 5) is 14.8. The fraction of sp³-hybridized carbons (Fsp3) is 0.240. The predicted octanol–water partition coefficient (Wildman–Crippen LogP) is 3.87. The summed E-state index contributed by atoms with van der Waals surface area (Å²) >= 11 is 0. The number of sulfonamides is 1. The average Bonchev–Trinajstić information content (AvgIpc) is 2.83. The molecule has 0 atom stereocenters. The molecule has 8 heteroatoms. The zero-order valence-corrected chi connectivity index (χ0v) is 20.0. The van der Waals surface area contributed by atoms with E-state index in [1.807, 2.05) is 37.3 Å². The highest BCUT2D eigenvalue weighted by Crippen LogP contribution is 2.33. The van der Waals surface area contributed by atoms with Crippen LogP contribution in [-0.2, 0) is 21.4 Å². The van der Waals surface area contributed by atoms with Gasteiger partial charge in [-0.15, -0.1) is 0 Å². The zero-order valence-electron chi connectivity index (χ0n) is 19.2. The van der Waals surface area contributed by atoms with Gasteiger partial charge in [-0.2, -0.15) is 0 Å². The summed E-state index contributed by atoms with van der Waals surface area (Å²) in [5.74, 6) is 0.649. The second kappa shape index (κ2) is 10.4. The lowest BCUT2D eigenvalue weighted by Crippen LogP contribution is -2.41. The molecule has 0 saturated carbocycles. The Labute approximate surface area is 195 Å². The largest absolute Gasteiger partial charge is 0.496 e. The van der Waals surface area contributed by atoms with Gasteiger partial charge >= 0.3 is 0 Å². The van der Waals surface area contributed by atoms with E-state index in [1.54, 1.807) is 44.5 Å². The molecule has 3 aromatic carbocycles. The Morgan fingerprint density at radius 2 is 1.52 bits per heavy atom. The lowest BCUT2D eigenvalue weighted by molar-refractivity contribution is -0.128. The van der Waals surface area contributed by atoms with E-state index < -0.39 is 10.0 Å². The van der Waals surface area contributed by atoms with Crippen LogP contribution in [0.5, 0.6) is 11.5 Å². The summed E-state index contributed by atoms with van der Waals surface area (Å²) in [5.41, 5.74) is 1.97. The van der Waals surface area contributed by atoms with E-state index in [0.717, 1.165) is 15.4 Å². The number of hydrogen-bond acceptors (Lipinski definition) is 5. The van der Waals surface area contributed by atoms with Gasteiger partial charge in [0.05, 0.1) is 24.8 Å². The van der Waals surface area contributed by atoms with Crippen LogP contribution in [-0.4, -0.2) is 47.0 Å². The highest BCUT2D eigenvalue weighted by molar-refractivity contribution is 7.92. The van der Waals surface area contributed by atoms with Crippen molar-refractivity contribution in [3.05, 3.63) is 83.9 Å². The molecule has 1 amide bonds. The van der Waals surface area contributed by atoms with Crippen LogP contribution in [0.25, 0.3) is 0 Å². The van der Waals surface area contributed by atoms with Crippen molar-refractivity contribution in [3.63, 3.8) is 0 Å². The first kappa shape index (κ1) is 24.1. The van der Waals surface area contributed by atoms with Crippen LogP contribution in [0.1, 0.15) is 11.1 Å². The second-order valence-electron chi connectivity index (χ2n) is 7.56. The number of rotatable bonds is 9. The molecule has 0 N–H and O–H groups in total. The van der Waals surface area contributed by atoms with Crippen molar-refractivity contribution in [1.82, 2.24) is 4.90 Å². The maximum absolute atomic E-state index is 13.6. The smallest absolute Gasteiger partial charge is 0.264 e. The number of aryl methyl sites for hydroxylation is 1. The van der Waals surface area contributed by atoms with Gasteiger partial charge in [0, 0.05) is 19.2 Å². The molecule has 0 spiro atoms. The minimum atomic E-state index is -4.04. The number of para-hydroxylation sites is 1. The topological polar surface area (TPSA) is 76.2 Å². The number of benzene rings is 3. The molecule has 0 heterocycles. The summed E-state index contributed by atoms with van der Waals surface area (Å²) in [6.45, 7) is 1.74. The monoisotopic (exact) mass is 468 g/mol. The molecule has 0 aliphatic rings. The van der Waals surface area contributed by atoms with Crippen molar-refractivity contribution in [3.8, 4) is 11.5 Å². The SMILES string of the molecule is COc1ccccc1CN(C)C(=O)CN(c1cc(C)ccc1OC)S(=O)(=O)c1ccccc1. The first-order valence-electron chi connectivity index (χ1n) is 10.4. The van der Waals surface area contributed by atoms with E-state index in [9.17, 15) is 13.2 Å². The molecule has 0 aromatic heterocycles. The number of carbonyl (C=O) groups is 1. The Kier molecular flexibility index (Phi) is 7.60. The summed E-state index contributed by atoms with van der Waals surface area (Å²) < 4.78 is 39.1. The fourth-order valence-electron chi connectivity index (χ4n) is 3.44. The maximum atomic E-state index is 13.6. The Bertz CT molecular complexity index is 1210. The van der Waals surface area contributed by atoms with E-state index in [2.05, 4.69) is 0 Å². The van der Waals surface area contributed by atoms with Crippen LogP contribution in [0, 0.1) is 6.92 Å². The van der Waals surface area contributed by atoms with Gasteiger partial charge in [-0.1, -0.05) is 42.5 Å². The van der Waals surface area contributed by atoms with Crippen LogP contribution in [0.2, 0.25) is 0 Å². The van der Waals surface area contributed by atoms with Gasteiger partial charge in [-0.25, -0.2) is 8.42 Å². The van der Waals surface area contributed by atoms with E-state index in [0.29, 0.717) is 17.2 Å². The van der Waals surface area contributed by atoms with Crippen molar-refractivity contribution in [2.45, 2.75) is 18.4 Å². The first-order chi connectivity index (χ1) is 15.8. The fourth-order valence-corrected chi connectivity index (χ4v) is 4.87. The molecule has 0 bridgehead atoms. The van der Waals surface area contributed by atoms with E-state index >= 15 is 0 Å². The van der Waals surface area contributed by atoms with Crippen LogP contribution in [0.15, 0.2) is 77.7 Å². The van der Waals surface area contributed by atoms with Crippen LogP contribution < -0.4 is 13.8 Å². The first-order valence-corrected chi connectivity index (χ1v) is 11.8. The summed E-state index contributed by atoms with van der Waals surface area (Å²) in [6.07, 6.45) is 0. The van der Waals surface area contributed by atoms with Gasteiger partial charge in [-0.3, -0.25) is 9.10 Å². The molecule has 33 heavy (non-hydrogen) atoms. The number of likely N-dealkylation sites (N-methyl/N-ethyl adjacent to an activating group) is 1. The molecule has 0 saturated heterocycles. The normalized spacial score (nSPS) is 11.0. The van der Waals surface area contributed by atoms with Gasteiger partial charge < -0.3 is 14.4 Å². The number of carbonyl (C=O) groups excluding carboxylic acids is 1. The lowest BCUT2D eigenvalue weighted by atomic mass is 10.2. The summed E-state index contributed by atoms with van der Waals surface area (Å²) in [6, 6.07) is 20.7. The van der Waals surface area contributed by atoms with E-state index in [4.69, 9.17) is 9.47 Å². The average molecular weight is 469 g/mol.